The maximum Gasteiger partial charge on any atom is 0.102 e. The molecule has 0 spiro atoms. The molecule has 1 aliphatic heterocycles. The molecule has 1 heterocycles. The number of hydrogen-bond donors (Lipinski definition) is 0. The van der Waals surface area contributed by atoms with E-state index in [-0.39, 0.29) is 0 Å². The summed E-state index contributed by atoms with van der Waals surface area (Å²) in [6.07, 6.45) is 6.94. The molecule has 0 radical (unpaired) electrons. The van der Waals surface area contributed by atoms with Crippen molar-refractivity contribution in [3.05, 3.63) is 30.3 Å². The molecular formula is C19H31N2O+. The molecule has 2 aliphatic rings. The lowest BCUT2D eigenvalue weighted by Gasteiger charge is -2.42. The quantitative estimate of drug-likeness (QED) is 0.774. The van der Waals surface area contributed by atoms with Crippen LogP contribution in [0.3, 0.4) is 0 Å². The number of hydrogen-bond acceptors (Lipinski definition) is 2. The van der Waals surface area contributed by atoms with Crippen LogP contribution in [0, 0.1) is 0 Å². The van der Waals surface area contributed by atoms with Crippen molar-refractivity contribution in [2.24, 2.45) is 0 Å². The van der Waals surface area contributed by atoms with E-state index in [9.17, 15) is 0 Å². The van der Waals surface area contributed by atoms with Gasteiger partial charge >= 0.3 is 0 Å². The average Bonchev–Trinajstić information content (AvgIpc) is 2.58. The Hall–Kier alpha value is -1.06. The van der Waals surface area contributed by atoms with E-state index >= 15 is 0 Å². The summed E-state index contributed by atoms with van der Waals surface area (Å²) in [4.78, 5) is 2.69. The van der Waals surface area contributed by atoms with Gasteiger partial charge in [0.1, 0.15) is 13.1 Å². The molecule has 1 aromatic rings. The molecule has 122 valence electrons. The van der Waals surface area contributed by atoms with Crippen LogP contribution >= 0.6 is 0 Å². The fourth-order valence-electron chi connectivity index (χ4n) is 3.89. The molecule has 0 bridgehead atoms. The van der Waals surface area contributed by atoms with Crippen molar-refractivity contribution in [2.75, 3.05) is 51.3 Å². The molecule has 1 aromatic carbocycles. The van der Waals surface area contributed by atoms with Crippen LogP contribution in [0.4, 0.5) is 5.69 Å². The summed E-state index contributed by atoms with van der Waals surface area (Å²) in [5.74, 6) is 0. The van der Waals surface area contributed by atoms with Crippen LogP contribution in [0.5, 0.6) is 0 Å². The minimum atomic E-state index is 0.740. The summed E-state index contributed by atoms with van der Waals surface area (Å²) in [6, 6.07) is 11.8. The molecule has 0 amide bonds. The summed E-state index contributed by atoms with van der Waals surface area (Å²) < 4.78 is 6.71. The number of para-hydroxylation sites is 1. The Kier molecular flexibility index (Phi) is 5.37. The molecule has 3 nitrogen and oxygen atoms in total. The first-order chi connectivity index (χ1) is 10.8. The van der Waals surface area contributed by atoms with Gasteiger partial charge in [-0.1, -0.05) is 37.5 Å². The highest BCUT2D eigenvalue weighted by molar-refractivity contribution is 5.47. The first-order valence-corrected chi connectivity index (χ1v) is 9.00. The van der Waals surface area contributed by atoms with Gasteiger partial charge in [0, 0.05) is 11.7 Å². The average molecular weight is 303 g/mol. The predicted molar refractivity (Wildman–Crippen MR) is 92.3 cm³/mol. The molecule has 2 fully saturated rings. The Labute approximate surface area is 135 Å². The highest BCUT2D eigenvalue weighted by Gasteiger charge is 2.28. The van der Waals surface area contributed by atoms with Gasteiger partial charge in [0.05, 0.1) is 33.4 Å². The topological polar surface area (TPSA) is 12.5 Å². The lowest BCUT2D eigenvalue weighted by Crippen LogP contribution is -2.55. The molecule has 22 heavy (non-hydrogen) atoms. The number of ether oxygens (including phenoxy) is 1. The summed E-state index contributed by atoms with van der Waals surface area (Å²) in [5.41, 5.74) is 1.41. The lowest BCUT2D eigenvalue weighted by molar-refractivity contribution is -0.915. The molecule has 3 heteroatoms. The molecule has 3 rings (SSSR count). The fraction of sp³-hybridized carbons (Fsp3) is 0.684. The molecule has 0 aromatic heterocycles. The van der Waals surface area contributed by atoms with E-state index in [2.05, 4.69) is 42.3 Å². The van der Waals surface area contributed by atoms with E-state index in [4.69, 9.17) is 4.74 Å². The molecule has 0 unspecified atom stereocenters. The van der Waals surface area contributed by atoms with E-state index in [1.54, 1.807) is 0 Å². The van der Waals surface area contributed by atoms with Gasteiger partial charge in [-0.05, 0) is 25.0 Å². The number of anilines is 1. The van der Waals surface area contributed by atoms with Crippen molar-refractivity contribution in [1.29, 1.82) is 0 Å². The van der Waals surface area contributed by atoms with Crippen LogP contribution in [0.1, 0.15) is 32.1 Å². The largest absolute Gasteiger partial charge is 0.370 e. The van der Waals surface area contributed by atoms with E-state index in [1.165, 1.54) is 50.9 Å². The van der Waals surface area contributed by atoms with Gasteiger partial charge in [-0.15, -0.1) is 0 Å². The van der Waals surface area contributed by atoms with E-state index in [1.807, 2.05) is 0 Å². The zero-order chi connectivity index (χ0) is 15.3. The Bertz CT molecular complexity index is 436. The fourth-order valence-corrected chi connectivity index (χ4v) is 3.89. The Morgan fingerprint density at radius 3 is 2.41 bits per heavy atom. The van der Waals surface area contributed by atoms with Gasteiger partial charge in [-0.25, -0.2) is 0 Å². The predicted octanol–water partition coefficient (Wildman–Crippen LogP) is 3.30. The molecule has 1 saturated heterocycles. The van der Waals surface area contributed by atoms with Gasteiger partial charge in [0.15, 0.2) is 0 Å². The molecule has 1 aliphatic carbocycles. The van der Waals surface area contributed by atoms with Crippen molar-refractivity contribution in [1.82, 2.24) is 0 Å². The highest BCUT2D eigenvalue weighted by atomic mass is 16.5. The summed E-state index contributed by atoms with van der Waals surface area (Å²) in [7, 11) is 2.40. The number of likely N-dealkylation sites (N-methyl/N-ethyl adjacent to an activating group) is 1. The van der Waals surface area contributed by atoms with Gasteiger partial charge in [0.25, 0.3) is 0 Å². The van der Waals surface area contributed by atoms with Crippen LogP contribution < -0.4 is 4.90 Å². The number of morpholine rings is 1. The van der Waals surface area contributed by atoms with Crippen molar-refractivity contribution < 1.29 is 9.22 Å². The molecule has 1 saturated carbocycles. The van der Waals surface area contributed by atoms with Gasteiger partial charge in [-0.2, -0.15) is 0 Å². The number of rotatable bonds is 5. The van der Waals surface area contributed by atoms with Gasteiger partial charge < -0.3 is 14.1 Å². The number of nitrogens with zero attached hydrogens (tertiary/aromatic N) is 2. The maximum atomic E-state index is 5.54. The lowest BCUT2D eigenvalue weighted by atomic mass is 9.93. The normalized spacial score (nSPS) is 22.4. The molecule has 0 N–H and O–H groups in total. The molecular weight excluding hydrogens is 272 g/mol. The van der Waals surface area contributed by atoms with E-state index in [0.717, 1.165) is 36.8 Å². The van der Waals surface area contributed by atoms with Crippen LogP contribution in [-0.4, -0.2) is 57.0 Å². The maximum absolute atomic E-state index is 5.54. The van der Waals surface area contributed by atoms with Gasteiger partial charge in [0.2, 0.25) is 0 Å². The van der Waals surface area contributed by atoms with Crippen molar-refractivity contribution >= 4 is 5.69 Å². The highest BCUT2D eigenvalue weighted by Crippen LogP contribution is 2.27. The van der Waals surface area contributed by atoms with Crippen molar-refractivity contribution in [2.45, 2.75) is 38.1 Å². The summed E-state index contributed by atoms with van der Waals surface area (Å²) in [5, 5.41) is 0. The van der Waals surface area contributed by atoms with E-state index < -0.39 is 0 Å². The van der Waals surface area contributed by atoms with Crippen LogP contribution in [0.15, 0.2) is 30.3 Å². The van der Waals surface area contributed by atoms with Crippen molar-refractivity contribution in [3.8, 4) is 0 Å². The zero-order valence-electron chi connectivity index (χ0n) is 14.0. The Morgan fingerprint density at radius 2 is 1.73 bits per heavy atom. The standard InChI is InChI=1S/C19H31N2O/c1-21(14-16-22-17-15-21)13-12-20(18-8-4-2-5-9-18)19-10-6-3-7-11-19/h2,4-5,8-9,19H,3,6-7,10-17H2,1H3/q+1. The zero-order valence-corrected chi connectivity index (χ0v) is 14.0. The Morgan fingerprint density at radius 1 is 1.05 bits per heavy atom. The van der Waals surface area contributed by atoms with Crippen LogP contribution in [-0.2, 0) is 4.74 Å². The monoisotopic (exact) mass is 303 g/mol. The molecule has 0 atom stereocenters. The third-order valence-corrected chi connectivity index (χ3v) is 5.53. The van der Waals surface area contributed by atoms with Gasteiger partial charge in [-0.3, -0.25) is 0 Å². The minimum Gasteiger partial charge on any atom is -0.370 e. The number of quaternary nitrogens is 1. The second-order valence-corrected chi connectivity index (χ2v) is 7.22. The van der Waals surface area contributed by atoms with Crippen LogP contribution in [0.2, 0.25) is 0 Å². The summed E-state index contributed by atoms with van der Waals surface area (Å²) >= 11 is 0. The second-order valence-electron chi connectivity index (χ2n) is 7.22. The van der Waals surface area contributed by atoms with Crippen molar-refractivity contribution in [3.63, 3.8) is 0 Å². The first kappa shape index (κ1) is 15.8. The second kappa shape index (κ2) is 7.47. The Balaban J connectivity index is 1.68. The third-order valence-electron chi connectivity index (χ3n) is 5.53. The third kappa shape index (κ3) is 4.02. The van der Waals surface area contributed by atoms with E-state index in [0.29, 0.717) is 0 Å². The van der Waals surface area contributed by atoms with Crippen LogP contribution in [0.25, 0.3) is 0 Å². The first-order valence-electron chi connectivity index (χ1n) is 9.00. The number of benzene rings is 1. The smallest absolute Gasteiger partial charge is 0.102 e. The SMILES string of the molecule is C[N+]1(CCN(c2ccccc2)C2CCCCC2)CCOCC1. The minimum absolute atomic E-state index is 0.740. The summed E-state index contributed by atoms with van der Waals surface area (Å²) in [6.45, 7) is 6.57.